The van der Waals surface area contributed by atoms with Crippen molar-refractivity contribution in [3.8, 4) is 0 Å². The van der Waals surface area contributed by atoms with Crippen LogP contribution in [0.2, 0.25) is 14.1 Å². The Morgan fingerprint density at radius 3 is 1.93 bits per heavy atom. The van der Waals surface area contributed by atoms with Crippen LogP contribution in [0.15, 0.2) is 83.0 Å². The first-order chi connectivity index (χ1) is 14.5. The van der Waals surface area contributed by atoms with Gasteiger partial charge < -0.3 is 0 Å². The zero-order valence-corrected chi connectivity index (χ0v) is 23.9. The number of hydrogen-bond donors (Lipinski definition) is 0. The molecule has 0 bridgehead atoms. The molecule has 30 heavy (non-hydrogen) atoms. The quantitative estimate of drug-likeness (QED) is 0.339. The van der Waals surface area contributed by atoms with E-state index in [4.69, 9.17) is 0 Å². The Morgan fingerprint density at radius 2 is 1.33 bits per heavy atom. The molecule has 0 saturated carbocycles. The van der Waals surface area contributed by atoms with Crippen LogP contribution < -0.4 is 0 Å². The molecular weight excluding hydrogens is 500 g/mol. The molecule has 1 atom stereocenters. The second-order valence-corrected chi connectivity index (χ2v) is 35.7. The SMILES string of the molecule is C[CH2][Ge]([CH2]C)=[Zr]([CH]1C(C)=C(C)C(C)=C1C)[CH]1C=C(c2ccccc2)c2ccccc21. The van der Waals surface area contributed by atoms with Gasteiger partial charge in [-0.05, 0) is 0 Å². The second kappa shape index (κ2) is 9.29. The molecule has 0 radical (unpaired) electrons. The van der Waals surface area contributed by atoms with E-state index in [1.54, 1.807) is 27.9 Å². The molecule has 4 rings (SSSR count). The molecule has 2 heteroatoms. The Labute approximate surface area is 191 Å². The third-order valence-corrected chi connectivity index (χ3v) is 46.2. The predicted octanol–water partition coefficient (Wildman–Crippen LogP) is 8.30. The number of hydrogen-bond acceptors (Lipinski definition) is 0. The number of rotatable bonds is 5. The fraction of sp³-hybridized carbons (Fsp3) is 0.357. The molecule has 0 nitrogen and oxygen atoms in total. The van der Waals surface area contributed by atoms with Gasteiger partial charge in [0.2, 0.25) is 0 Å². The third kappa shape index (κ3) is 3.75. The minimum absolute atomic E-state index is 0.738. The van der Waals surface area contributed by atoms with Gasteiger partial charge in [-0.25, -0.2) is 0 Å². The number of benzene rings is 2. The fourth-order valence-electron chi connectivity index (χ4n) is 5.56. The van der Waals surface area contributed by atoms with Crippen LogP contribution in [0.1, 0.15) is 61.9 Å². The van der Waals surface area contributed by atoms with E-state index in [1.807, 2.05) is 0 Å². The van der Waals surface area contributed by atoms with Crippen molar-refractivity contribution >= 4 is 15.5 Å². The topological polar surface area (TPSA) is 0 Å². The molecule has 0 N–H and O–H groups in total. The minimum atomic E-state index is -1.84. The van der Waals surface area contributed by atoms with Crippen LogP contribution in [0, 0.1) is 0 Å². The van der Waals surface area contributed by atoms with Gasteiger partial charge in [0.15, 0.2) is 0 Å². The van der Waals surface area contributed by atoms with Gasteiger partial charge in [0.25, 0.3) is 0 Å². The van der Waals surface area contributed by atoms with Crippen molar-refractivity contribution in [3.63, 3.8) is 0 Å². The molecule has 0 aliphatic heterocycles. The molecular formula is C28H34GeZr. The molecule has 2 aliphatic carbocycles. The average Bonchev–Trinajstić information content (AvgIpc) is 3.25. The van der Waals surface area contributed by atoms with Crippen LogP contribution in [0.5, 0.6) is 0 Å². The van der Waals surface area contributed by atoms with E-state index in [0.717, 1.165) is 7.25 Å². The summed E-state index contributed by atoms with van der Waals surface area (Å²) in [4.78, 5) is 0. The summed E-state index contributed by atoms with van der Waals surface area (Å²) < 4.78 is 1.56. The summed E-state index contributed by atoms with van der Waals surface area (Å²) in [7, 11) is -1.07. The third-order valence-electron chi connectivity index (χ3n) is 7.52. The van der Waals surface area contributed by atoms with E-state index < -0.39 is 28.6 Å². The Balaban J connectivity index is 1.95. The molecule has 0 fully saturated rings. The predicted molar refractivity (Wildman–Crippen MR) is 130 cm³/mol. The summed E-state index contributed by atoms with van der Waals surface area (Å²) >= 11 is -1.84. The van der Waals surface area contributed by atoms with Crippen LogP contribution in [-0.4, -0.2) is 9.98 Å². The molecule has 0 heterocycles. The molecule has 0 aromatic heterocycles. The molecule has 2 aromatic carbocycles. The first-order valence-electron chi connectivity index (χ1n) is 11.4. The van der Waals surface area contributed by atoms with Crippen molar-refractivity contribution in [2.45, 2.75) is 59.3 Å². The number of allylic oxidation sites excluding steroid dienone is 5. The van der Waals surface area contributed by atoms with Crippen molar-refractivity contribution in [1.29, 1.82) is 0 Å². The molecule has 1 unspecified atom stereocenters. The van der Waals surface area contributed by atoms with Crippen LogP contribution in [-0.2, 0) is 18.6 Å². The van der Waals surface area contributed by atoms with Crippen molar-refractivity contribution < 1.29 is 18.6 Å². The maximum absolute atomic E-state index is 2.73. The van der Waals surface area contributed by atoms with E-state index in [-0.39, 0.29) is 0 Å². The van der Waals surface area contributed by atoms with Crippen LogP contribution in [0.25, 0.3) is 5.57 Å². The Kier molecular flexibility index (Phi) is 6.90. The van der Waals surface area contributed by atoms with Gasteiger partial charge in [0.1, 0.15) is 0 Å². The van der Waals surface area contributed by atoms with E-state index in [9.17, 15) is 0 Å². The normalized spacial score (nSPS) is 18.7. The van der Waals surface area contributed by atoms with Gasteiger partial charge >= 0.3 is 193 Å². The molecule has 0 spiro atoms. The van der Waals surface area contributed by atoms with E-state index >= 15 is 0 Å². The van der Waals surface area contributed by atoms with Crippen LogP contribution in [0.3, 0.4) is 0 Å². The fourth-order valence-corrected chi connectivity index (χ4v) is 46.2. The summed E-state index contributed by atoms with van der Waals surface area (Å²) in [5.41, 5.74) is 12.7. The molecule has 2 aromatic rings. The Morgan fingerprint density at radius 1 is 0.767 bits per heavy atom. The summed E-state index contributed by atoms with van der Waals surface area (Å²) in [6.45, 7) is 14.7. The monoisotopic (exact) mass is 534 g/mol. The van der Waals surface area contributed by atoms with Gasteiger partial charge in [-0.15, -0.1) is 0 Å². The van der Waals surface area contributed by atoms with Gasteiger partial charge in [0.05, 0.1) is 0 Å². The molecule has 0 amide bonds. The zero-order valence-electron chi connectivity index (χ0n) is 19.3. The Bertz CT molecular complexity index is 1070. The van der Waals surface area contributed by atoms with E-state index in [1.165, 1.54) is 27.2 Å². The van der Waals surface area contributed by atoms with Gasteiger partial charge in [0, 0.05) is 0 Å². The van der Waals surface area contributed by atoms with Crippen molar-refractivity contribution in [1.82, 2.24) is 0 Å². The number of fused-ring (bicyclic) bond motifs is 1. The van der Waals surface area contributed by atoms with Gasteiger partial charge in [-0.3, -0.25) is 0 Å². The van der Waals surface area contributed by atoms with Gasteiger partial charge in [-0.1, -0.05) is 0 Å². The molecule has 154 valence electrons. The molecule has 0 saturated heterocycles. The summed E-state index contributed by atoms with van der Waals surface area (Å²) in [5, 5.41) is 2.99. The van der Waals surface area contributed by atoms with Crippen molar-refractivity contribution in [2.75, 3.05) is 0 Å². The summed E-state index contributed by atoms with van der Waals surface area (Å²) in [6.07, 6.45) is 2.73. The Hall–Kier alpha value is -0.914. The molecule has 2 aliphatic rings. The van der Waals surface area contributed by atoms with Crippen LogP contribution >= 0.6 is 0 Å². The first kappa shape index (κ1) is 22.3. The van der Waals surface area contributed by atoms with Crippen molar-refractivity contribution in [3.05, 3.63) is 99.7 Å². The standard InChI is InChI=1S/C15H11.C9H13.C4H10Ge.Zr/c1-2-6-12(7-3-1)15-11-10-13-8-4-5-9-14(13)15;1-6-5-7(2)9(4)8(6)3;1-3-5-4-2;/h1-11H;5H,1-4H3;3-4H2,1-2H3;. The van der Waals surface area contributed by atoms with Crippen molar-refractivity contribution in [2.24, 2.45) is 0 Å². The maximum atomic E-state index is 2.73. The second-order valence-electron chi connectivity index (χ2n) is 8.83. The van der Waals surface area contributed by atoms with E-state index in [0.29, 0.717) is 0 Å². The summed E-state index contributed by atoms with van der Waals surface area (Å²) in [5.74, 6) is 0. The average molecular weight is 534 g/mol. The first-order valence-corrected chi connectivity index (χ1v) is 24.7. The van der Waals surface area contributed by atoms with Gasteiger partial charge in [-0.2, -0.15) is 0 Å². The van der Waals surface area contributed by atoms with E-state index in [2.05, 4.69) is 102 Å². The summed E-state index contributed by atoms with van der Waals surface area (Å²) in [6, 6.07) is 20.5. The van der Waals surface area contributed by atoms with Crippen LogP contribution in [0.4, 0.5) is 0 Å². The zero-order chi connectivity index (χ0) is 21.4.